The van der Waals surface area contributed by atoms with E-state index in [9.17, 15) is 14.4 Å². The van der Waals surface area contributed by atoms with Gasteiger partial charge < -0.3 is 5.32 Å². The summed E-state index contributed by atoms with van der Waals surface area (Å²) < 4.78 is 30.9. The zero-order chi connectivity index (χ0) is 31.9. The summed E-state index contributed by atoms with van der Waals surface area (Å²) in [4.78, 5) is 46.1. The number of fused-ring (bicyclic) bond motifs is 5. The number of rotatable bonds is 7. The third-order valence-corrected chi connectivity index (χ3v) is 9.17. The Balaban J connectivity index is 1.21. The lowest BCUT2D eigenvalue weighted by atomic mass is 9.80. The minimum Gasteiger partial charge on any atom is -0.322 e. The Labute approximate surface area is 264 Å². The second-order valence-corrected chi connectivity index (χ2v) is 11.8. The molecule has 1 saturated heterocycles. The number of para-hydroxylation sites is 1. The van der Waals surface area contributed by atoms with Crippen molar-refractivity contribution in [3.8, 4) is 11.1 Å². The van der Waals surface area contributed by atoms with Gasteiger partial charge in [0.15, 0.2) is 11.8 Å². The molecule has 8 heteroatoms. The maximum absolute atomic E-state index is 15.7. The van der Waals surface area contributed by atoms with Gasteiger partial charge in [0, 0.05) is 28.7 Å². The van der Waals surface area contributed by atoms with E-state index in [2.05, 4.69) is 10.3 Å². The molecule has 46 heavy (non-hydrogen) atoms. The van der Waals surface area contributed by atoms with Crippen molar-refractivity contribution in [2.75, 3.05) is 11.9 Å². The number of halogens is 2. The molecule has 228 valence electrons. The summed E-state index contributed by atoms with van der Waals surface area (Å²) in [7, 11) is 0. The van der Waals surface area contributed by atoms with Crippen molar-refractivity contribution in [1.29, 1.82) is 0 Å². The van der Waals surface area contributed by atoms with Crippen molar-refractivity contribution in [2.24, 2.45) is 0 Å². The largest absolute Gasteiger partial charge is 0.351 e. The molecule has 5 aromatic rings. The number of anilines is 1. The second-order valence-electron chi connectivity index (χ2n) is 11.8. The normalized spacial score (nSPS) is 20.8. The van der Waals surface area contributed by atoms with Crippen LogP contribution in [0.4, 0.5) is 20.2 Å². The highest BCUT2D eigenvalue weighted by Gasteiger charge is 2.70. The summed E-state index contributed by atoms with van der Waals surface area (Å²) in [6.45, 7) is -0.216. The average molecular weight is 615 g/mol. The van der Waals surface area contributed by atoms with Crippen LogP contribution in [-0.4, -0.2) is 41.1 Å². The van der Waals surface area contributed by atoms with Crippen molar-refractivity contribution >= 4 is 29.0 Å². The van der Waals surface area contributed by atoms with Gasteiger partial charge in [0.25, 0.3) is 11.8 Å². The first-order chi connectivity index (χ1) is 22.3. The van der Waals surface area contributed by atoms with E-state index in [0.717, 1.165) is 11.1 Å². The van der Waals surface area contributed by atoms with Gasteiger partial charge in [-0.1, -0.05) is 72.8 Å². The Morgan fingerprint density at radius 1 is 0.804 bits per heavy atom. The van der Waals surface area contributed by atoms with Crippen LogP contribution in [0.15, 0.2) is 128 Å². The van der Waals surface area contributed by atoms with Gasteiger partial charge in [-0.05, 0) is 59.7 Å². The Kier molecular flexibility index (Phi) is 7.37. The summed E-state index contributed by atoms with van der Waals surface area (Å²) in [6, 6.07) is 33.8. The first kappa shape index (κ1) is 29.4. The Morgan fingerprint density at radius 3 is 2.26 bits per heavy atom. The van der Waals surface area contributed by atoms with E-state index in [0.29, 0.717) is 28.2 Å². The minimum absolute atomic E-state index is 0.158. The number of Topliss-reactive ketones (excluding diaryl/α,β-unsaturated/α-hetero) is 1. The number of hydrogen-bond donors (Lipinski definition) is 1. The van der Waals surface area contributed by atoms with Crippen LogP contribution >= 0.6 is 0 Å². The summed E-state index contributed by atoms with van der Waals surface area (Å²) >= 11 is 0. The van der Waals surface area contributed by atoms with Gasteiger partial charge in [0.2, 0.25) is 0 Å². The van der Waals surface area contributed by atoms with Crippen molar-refractivity contribution in [3.63, 3.8) is 0 Å². The molecule has 3 unspecified atom stereocenters. The summed E-state index contributed by atoms with van der Waals surface area (Å²) in [5.74, 6) is -5.79. The molecular weight excluding hydrogens is 584 g/mol. The lowest BCUT2D eigenvalue weighted by molar-refractivity contribution is -0.133. The predicted octanol–water partition coefficient (Wildman–Crippen LogP) is 7.47. The SMILES string of the molecule is O=C(Nc1ccc(C(=O)[N+]23CCC(F)(F)C(c4ccccc42)C3C(=O)Cc2ccccn2)cc1)c1ccccc1-c1ccccc1. The van der Waals surface area contributed by atoms with Gasteiger partial charge in [-0.25, -0.2) is 18.1 Å². The molecule has 7 rings (SSSR count). The molecule has 3 heterocycles. The lowest BCUT2D eigenvalue weighted by Gasteiger charge is -2.43. The van der Waals surface area contributed by atoms with Gasteiger partial charge in [0.05, 0.1) is 24.9 Å². The molecule has 1 fully saturated rings. The zero-order valence-corrected chi connectivity index (χ0v) is 24.8. The number of piperidine rings is 1. The topological polar surface area (TPSA) is 76.1 Å². The highest BCUT2D eigenvalue weighted by molar-refractivity contribution is 6.11. The van der Waals surface area contributed by atoms with Crippen LogP contribution in [0.3, 0.4) is 0 Å². The minimum atomic E-state index is -3.16. The van der Waals surface area contributed by atoms with Crippen LogP contribution in [0.1, 0.15) is 44.3 Å². The van der Waals surface area contributed by atoms with Crippen LogP contribution in [-0.2, 0) is 11.2 Å². The van der Waals surface area contributed by atoms with Crippen molar-refractivity contribution in [3.05, 3.63) is 150 Å². The first-order valence-electron chi connectivity index (χ1n) is 15.2. The number of carbonyl (C=O) groups excluding carboxylic acids is 3. The number of alkyl halides is 2. The molecule has 2 aliphatic rings. The molecule has 2 aliphatic heterocycles. The lowest BCUT2D eigenvalue weighted by Crippen LogP contribution is -2.68. The maximum atomic E-state index is 15.7. The number of benzene rings is 4. The van der Waals surface area contributed by atoms with Crippen LogP contribution in [0.25, 0.3) is 11.1 Å². The molecule has 3 atom stereocenters. The third-order valence-electron chi connectivity index (χ3n) is 9.17. The zero-order valence-electron chi connectivity index (χ0n) is 24.8. The molecule has 0 spiro atoms. The fourth-order valence-electron chi connectivity index (χ4n) is 7.12. The maximum Gasteiger partial charge on any atom is 0.351 e. The van der Waals surface area contributed by atoms with E-state index < -0.39 is 40.5 Å². The molecule has 2 bridgehead atoms. The smallest absolute Gasteiger partial charge is 0.322 e. The highest BCUT2D eigenvalue weighted by atomic mass is 19.3. The fraction of sp³-hybridized carbons (Fsp3) is 0.158. The molecule has 0 aliphatic carbocycles. The first-order valence-corrected chi connectivity index (χ1v) is 15.2. The van der Waals surface area contributed by atoms with E-state index in [-0.39, 0.29) is 24.4 Å². The number of hydrogen-bond acceptors (Lipinski definition) is 4. The highest BCUT2D eigenvalue weighted by Crippen LogP contribution is 2.58. The molecule has 1 N–H and O–H groups in total. The van der Waals surface area contributed by atoms with Gasteiger partial charge in [-0.2, -0.15) is 0 Å². The van der Waals surface area contributed by atoms with E-state index in [4.69, 9.17) is 0 Å². The molecule has 0 saturated carbocycles. The van der Waals surface area contributed by atoms with E-state index in [1.54, 1.807) is 85.1 Å². The molecule has 2 amide bonds. The third kappa shape index (κ3) is 4.91. The molecular formula is C38H30F2N3O3+. The Hall–Kier alpha value is -5.34. The molecule has 4 aromatic carbocycles. The second kappa shape index (κ2) is 11.5. The molecule has 6 nitrogen and oxygen atoms in total. The van der Waals surface area contributed by atoms with Gasteiger partial charge in [-0.3, -0.25) is 14.6 Å². The summed E-state index contributed by atoms with van der Waals surface area (Å²) in [5.41, 5.74) is 4.15. The fourth-order valence-corrected chi connectivity index (χ4v) is 7.12. The Morgan fingerprint density at radius 2 is 1.50 bits per heavy atom. The van der Waals surface area contributed by atoms with E-state index in [1.165, 1.54) is 0 Å². The van der Waals surface area contributed by atoms with Crippen LogP contribution < -0.4 is 9.80 Å². The molecule has 1 aromatic heterocycles. The Bertz CT molecular complexity index is 1950. The number of nitrogens with one attached hydrogen (secondary N) is 1. The number of aromatic nitrogens is 1. The number of pyridine rings is 1. The van der Waals surface area contributed by atoms with Crippen molar-refractivity contribution in [1.82, 2.24) is 9.47 Å². The van der Waals surface area contributed by atoms with Gasteiger partial charge in [0.1, 0.15) is 11.6 Å². The number of nitrogens with zero attached hydrogens (tertiary/aromatic N) is 2. The number of carbonyl (C=O) groups is 3. The van der Waals surface area contributed by atoms with Crippen LogP contribution in [0.2, 0.25) is 0 Å². The number of quaternary nitrogens is 1. The molecule has 0 radical (unpaired) electrons. The number of ketones is 1. The van der Waals surface area contributed by atoms with E-state index >= 15 is 8.78 Å². The van der Waals surface area contributed by atoms with Gasteiger partial charge >= 0.3 is 5.91 Å². The van der Waals surface area contributed by atoms with Crippen molar-refractivity contribution < 1.29 is 23.2 Å². The average Bonchev–Trinajstić information content (AvgIpc) is 3.35. The summed E-state index contributed by atoms with van der Waals surface area (Å²) in [6.07, 6.45) is 0.868. The van der Waals surface area contributed by atoms with Crippen molar-refractivity contribution in [2.45, 2.75) is 30.7 Å². The van der Waals surface area contributed by atoms with Crippen LogP contribution in [0.5, 0.6) is 0 Å². The monoisotopic (exact) mass is 614 g/mol. The predicted molar refractivity (Wildman–Crippen MR) is 173 cm³/mol. The number of amides is 2. The van der Waals surface area contributed by atoms with Gasteiger partial charge in [-0.15, -0.1) is 0 Å². The van der Waals surface area contributed by atoms with Crippen LogP contribution in [0, 0.1) is 0 Å². The summed E-state index contributed by atoms with van der Waals surface area (Å²) in [5, 5.41) is 2.91. The quantitative estimate of drug-likeness (QED) is 0.193. The van der Waals surface area contributed by atoms with E-state index in [1.807, 2.05) is 42.5 Å². The standard InChI is InChI=1S/C38H29F2N3O3/c39-38(40)21-23-43(32-16-7-6-15-31(32)34(38)35(43)33(44)24-28-12-8-9-22-41-28)37(46)26-17-19-27(20-18-26)42-36(45)30-14-5-4-13-29(30)25-10-2-1-3-11-25/h1-20,22,34-35H,21,23-24H2/p+1.